The number of hydrogen-bond donors (Lipinski definition) is 4. The third kappa shape index (κ3) is 4.45. The van der Waals surface area contributed by atoms with E-state index in [-0.39, 0.29) is 24.4 Å². The first-order valence-corrected chi connectivity index (χ1v) is 12.6. The summed E-state index contributed by atoms with van der Waals surface area (Å²) in [6.07, 6.45) is 3.52. The van der Waals surface area contributed by atoms with Gasteiger partial charge in [-0.15, -0.1) is 11.3 Å². The minimum Gasteiger partial charge on any atom is -0.352 e. The Bertz CT molecular complexity index is 1410. The third-order valence-electron chi connectivity index (χ3n) is 6.84. The van der Waals surface area contributed by atoms with E-state index >= 15 is 0 Å². The molecule has 1 aromatic carbocycles. The number of aromatic nitrogens is 2. The number of carbonyl (C=O) groups excluding carboxylic acids is 3. The van der Waals surface area contributed by atoms with E-state index in [0.29, 0.717) is 29.1 Å². The molecule has 2 unspecified atom stereocenters. The van der Waals surface area contributed by atoms with E-state index in [2.05, 4.69) is 32.8 Å². The minimum atomic E-state index is -1.15. The molecule has 0 spiro atoms. The lowest BCUT2D eigenvalue weighted by Gasteiger charge is -2.21. The zero-order chi connectivity index (χ0) is 24.7. The highest BCUT2D eigenvalue weighted by Gasteiger charge is 2.43. The van der Waals surface area contributed by atoms with Crippen LogP contribution in [-0.2, 0) is 40.9 Å². The molecule has 2 atom stereocenters. The van der Waals surface area contributed by atoms with Crippen LogP contribution in [0.4, 0.5) is 4.79 Å². The highest BCUT2D eigenvalue weighted by molar-refractivity contribution is 7.18. The average Bonchev–Trinajstić information content (AvgIpc) is 3.32. The van der Waals surface area contributed by atoms with Gasteiger partial charge >= 0.3 is 6.03 Å². The Morgan fingerprint density at radius 2 is 2.11 bits per heavy atom. The van der Waals surface area contributed by atoms with E-state index < -0.39 is 17.5 Å². The molecule has 1 aliphatic carbocycles. The smallest absolute Gasteiger partial charge is 0.322 e. The summed E-state index contributed by atoms with van der Waals surface area (Å²) in [5, 5.41) is 8.48. The van der Waals surface area contributed by atoms with Crippen LogP contribution in [0.2, 0.25) is 0 Å². The summed E-state index contributed by atoms with van der Waals surface area (Å²) in [4.78, 5) is 58.5. The largest absolute Gasteiger partial charge is 0.352 e. The lowest BCUT2D eigenvalue weighted by Crippen LogP contribution is -2.40. The summed E-state index contributed by atoms with van der Waals surface area (Å²) >= 11 is 1.60. The summed E-state index contributed by atoms with van der Waals surface area (Å²) in [7, 11) is 0. The SMILES string of the molecule is CC1CCc2c(sc3nc(CCC(=O)NCc4cccc(C5(C)NC(=O)NC5=O)c4)[nH]c(=O)c23)C1. The van der Waals surface area contributed by atoms with Crippen LogP contribution in [-0.4, -0.2) is 27.8 Å². The predicted octanol–water partition coefficient (Wildman–Crippen LogP) is 2.41. The number of fused-ring (bicyclic) bond motifs is 3. The van der Waals surface area contributed by atoms with Crippen molar-refractivity contribution >= 4 is 39.4 Å². The topological polar surface area (TPSA) is 133 Å². The number of nitrogens with one attached hydrogen (secondary N) is 4. The summed E-state index contributed by atoms with van der Waals surface area (Å²) in [5.74, 6) is 0.552. The molecule has 0 radical (unpaired) electrons. The Kier molecular flexibility index (Phi) is 5.92. The Morgan fingerprint density at radius 3 is 2.89 bits per heavy atom. The molecule has 4 N–H and O–H groups in total. The van der Waals surface area contributed by atoms with Gasteiger partial charge in [0.2, 0.25) is 5.91 Å². The van der Waals surface area contributed by atoms with Gasteiger partial charge < -0.3 is 15.6 Å². The Balaban J connectivity index is 1.21. The molecule has 182 valence electrons. The standard InChI is InChI=1S/C25H27N5O4S/c1-13-6-7-16-17(10-13)35-22-20(16)21(32)27-18(28-22)8-9-19(31)26-12-14-4-3-5-15(11-14)25(2)23(33)29-24(34)30-25/h3-5,11,13H,6-10,12H2,1-2H3,(H,26,31)(H,27,28,32)(H2,29,30,33,34). The minimum absolute atomic E-state index is 0.120. The van der Waals surface area contributed by atoms with Crippen molar-refractivity contribution in [3.63, 3.8) is 0 Å². The van der Waals surface area contributed by atoms with Crippen molar-refractivity contribution in [1.82, 2.24) is 25.9 Å². The lowest BCUT2D eigenvalue weighted by molar-refractivity contribution is -0.124. The molecule has 1 saturated heterocycles. The maximum atomic E-state index is 12.7. The monoisotopic (exact) mass is 493 g/mol. The first-order valence-electron chi connectivity index (χ1n) is 11.8. The Labute approximate surface area is 205 Å². The second kappa shape index (κ2) is 8.92. The molecule has 4 amide bonds. The number of benzene rings is 1. The van der Waals surface area contributed by atoms with Crippen molar-refractivity contribution in [2.75, 3.05) is 0 Å². The van der Waals surface area contributed by atoms with Gasteiger partial charge in [-0.2, -0.15) is 0 Å². The quantitative estimate of drug-likeness (QED) is 0.392. The van der Waals surface area contributed by atoms with E-state index in [0.717, 1.165) is 35.2 Å². The fourth-order valence-electron chi connectivity index (χ4n) is 4.77. The van der Waals surface area contributed by atoms with Crippen LogP contribution in [0.1, 0.15) is 54.1 Å². The summed E-state index contributed by atoms with van der Waals surface area (Å²) in [5.41, 5.74) is 1.32. The molecule has 0 saturated carbocycles. The molecule has 2 aromatic heterocycles. The maximum Gasteiger partial charge on any atom is 0.322 e. The van der Waals surface area contributed by atoms with E-state index in [4.69, 9.17) is 0 Å². The van der Waals surface area contributed by atoms with Crippen LogP contribution in [0.25, 0.3) is 10.2 Å². The fraction of sp³-hybridized carbons (Fsp3) is 0.400. The molecule has 5 rings (SSSR count). The molecular formula is C25H27N5O4S. The van der Waals surface area contributed by atoms with Gasteiger partial charge in [0.1, 0.15) is 16.2 Å². The van der Waals surface area contributed by atoms with Gasteiger partial charge in [-0.3, -0.25) is 19.7 Å². The summed E-state index contributed by atoms with van der Waals surface area (Å²) in [6, 6.07) is 6.65. The van der Waals surface area contributed by atoms with Crippen LogP contribution in [0.5, 0.6) is 0 Å². The van der Waals surface area contributed by atoms with Crippen molar-refractivity contribution in [2.24, 2.45) is 5.92 Å². The van der Waals surface area contributed by atoms with Gasteiger partial charge in [0.25, 0.3) is 11.5 Å². The number of nitrogens with zero attached hydrogens (tertiary/aromatic N) is 1. The van der Waals surface area contributed by atoms with Crippen molar-refractivity contribution in [1.29, 1.82) is 0 Å². The molecule has 1 aliphatic heterocycles. The van der Waals surface area contributed by atoms with Crippen molar-refractivity contribution in [3.05, 3.63) is 62.0 Å². The van der Waals surface area contributed by atoms with Crippen molar-refractivity contribution < 1.29 is 14.4 Å². The molecule has 2 aliphatic rings. The highest BCUT2D eigenvalue weighted by atomic mass is 32.1. The van der Waals surface area contributed by atoms with Gasteiger partial charge in [-0.1, -0.05) is 31.2 Å². The predicted molar refractivity (Wildman–Crippen MR) is 132 cm³/mol. The number of carbonyl (C=O) groups is 3. The third-order valence-corrected chi connectivity index (χ3v) is 7.99. The number of hydrogen-bond acceptors (Lipinski definition) is 6. The molecule has 35 heavy (non-hydrogen) atoms. The van der Waals surface area contributed by atoms with Gasteiger partial charge in [-0.25, -0.2) is 9.78 Å². The number of H-pyrrole nitrogens is 1. The van der Waals surface area contributed by atoms with Gasteiger partial charge in [-0.05, 0) is 48.8 Å². The number of imide groups is 1. The van der Waals surface area contributed by atoms with Crippen LogP contribution in [0.15, 0.2) is 29.1 Å². The molecule has 3 heterocycles. The molecular weight excluding hydrogens is 466 g/mol. The van der Waals surface area contributed by atoms with E-state index in [1.54, 1.807) is 36.5 Å². The van der Waals surface area contributed by atoms with Crippen molar-refractivity contribution in [2.45, 2.75) is 58.0 Å². The zero-order valence-electron chi connectivity index (χ0n) is 19.6. The molecule has 0 bridgehead atoms. The van der Waals surface area contributed by atoms with Crippen molar-refractivity contribution in [3.8, 4) is 0 Å². The lowest BCUT2D eigenvalue weighted by atomic mass is 9.89. The van der Waals surface area contributed by atoms with Crippen LogP contribution >= 0.6 is 11.3 Å². The number of aromatic amines is 1. The van der Waals surface area contributed by atoms with Crippen LogP contribution in [0.3, 0.4) is 0 Å². The van der Waals surface area contributed by atoms with Crippen LogP contribution < -0.4 is 21.5 Å². The summed E-state index contributed by atoms with van der Waals surface area (Å²) < 4.78 is 0. The van der Waals surface area contributed by atoms with Gasteiger partial charge in [0, 0.05) is 24.3 Å². The molecule has 3 aromatic rings. The van der Waals surface area contributed by atoms with Gasteiger partial charge in [0.15, 0.2) is 0 Å². The van der Waals surface area contributed by atoms with E-state index in [1.807, 2.05) is 6.07 Å². The maximum absolute atomic E-state index is 12.7. The van der Waals surface area contributed by atoms with Crippen LogP contribution in [0, 0.1) is 5.92 Å². The number of rotatable bonds is 6. The normalized spacial score (nSPS) is 21.5. The zero-order valence-corrected chi connectivity index (χ0v) is 20.4. The molecule has 10 heteroatoms. The Morgan fingerprint density at radius 1 is 1.29 bits per heavy atom. The number of amides is 4. The Hall–Kier alpha value is -3.53. The highest BCUT2D eigenvalue weighted by Crippen LogP contribution is 2.35. The number of urea groups is 1. The first-order chi connectivity index (χ1) is 16.7. The number of aryl methyl sites for hydroxylation is 2. The van der Waals surface area contributed by atoms with Gasteiger partial charge in [0.05, 0.1) is 5.39 Å². The summed E-state index contributed by atoms with van der Waals surface area (Å²) in [6.45, 7) is 4.14. The van der Waals surface area contributed by atoms with E-state index in [1.165, 1.54) is 4.88 Å². The second-order valence-electron chi connectivity index (χ2n) is 9.55. The fourth-order valence-corrected chi connectivity index (χ4v) is 6.17. The molecule has 9 nitrogen and oxygen atoms in total. The number of thiophene rings is 1. The molecule has 1 fully saturated rings. The van der Waals surface area contributed by atoms with E-state index in [9.17, 15) is 19.2 Å². The second-order valence-corrected chi connectivity index (χ2v) is 10.6. The average molecular weight is 494 g/mol. The first kappa shape index (κ1) is 23.2.